The quantitative estimate of drug-likeness (QED) is 0.593. The highest BCUT2D eigenvalue weighted by molar-refractivity contribution is 7.91. The Kier molecular flexibility index (Phi) is 6.13. The van der Waals surface area contributed by atoms with E-state index in [2.05, 4.69) is 15.5 Å². The number of amides is 1. The number of ether oxygens (including phenoxy) is 2. The summed E-state index contributed by atoms with van der Waals surface area (Å²) in [4.78, 5) is 12.7. The molecule has 0 aliphatic carbocycles. The average molecular weight is 417 g/mol. The topological polar surface area (TPSA) is 121 Å². The molecule has 0 fully saturated rings. The van der Waals surface area contributed by atoms with Gasteiger partial charge < -0.3 is 13.9 Å². The molecule has 0 bridgehead atoms. The van der Waals surface area contributed by atoms with E-state index in [0.29, 0.717) is 11.5 Å². The minimum absolute atomic E-state index is 0.0164. The first kappa shape index (κ1) is 20.3. The van der Waals surface area contributed by atoms with Crippen molar-refractivity contribution in [3.63, 3.8) is 0 Å². The lowest BCUT2D eigenvalue weighted by Crippen LogP contribution is -2.13. The molecule has 29 heavy (non-hydrogen) atoms. The SMILES string of the molecule is COc1ccc(OC)c(C(=O)Nc2nnc(CCS(=O)(=O)c3ccccc3)o2)c1. The van der Waals surface area contributed by atoms with Crippen LogP contribution in [0.25, 0.3) is 0 Å². The van der Waals surface area contributed by atoms with Crippen molar-refractivity contribution in [1.29, 1.82) is 0 Å². The molecule has 9 nitrogen and oxygen atoms in total. The zero-order chi connectivity index (χ0) is 20.9. The molecule has 1 heterocycles. The van der Waals surface area contributed by atoms with Crippen LogP contribution in [0.3, 0.4) is 0 Å². The fourth-order valence-corrected chi connectivity index (χ4v) is 3.78. The molecule has 0 aliphatic heterocycles. The first-order chi connectivity index (χ1) is 13.9. The number of sulfone groups is 1. The van der Waals surface area contributed by atoms with Gasteiger partial charge in [0.2, 0.25) is 5.89 Å². The highest BCUT2D eigenvalue weighted by Gasteiger charge is 2.19. The average Bonchev–Trinajstić information content (AvgIpc) is 3.19. The fourth-order valence-electron chi connectivity index (χ4n) is 2.53. The van der Waals surface area contributed by atoms with E-state index in [0.717, 1.165) is 0 Å². The van der Waals surface area contributed by atoms with E-state index in [1.807, 2.05) is 0 Å². The highest BCUT2D eigenvalue weighted by Crippen LogP contribution is 2.25. The van der Waals surface area contributed by atoms with Gasteiger partial charge >= 0.3 is 6.01 Å². The molecule has 1 amide bonds. The highest BCUT2D eigenvalue weighted by atomic mass is 32.2. The molecule has 2 aromatic carbocycles. The largest absolute Gasteiger partial charge is 0.497 e. The lowest BCUT2D eigenvalue weighted by atomic mass is 10.1. The summed E-state index contributed by atoms with van der Waals surface area (Å²) in [7, 11) is -0.553. The number of nitrogens with zero attached hydrogens (tertiary/aromatic N) is 2. The van der Waals surface area contributed by atoms with Crippen molar-refractivity contribution < 1.29 is 27.1 Å². The predicted molar refractivity (Wildman–Crippen MR) is 104 cm³/mol. The van der Waals surface area contributed by atoms with Gasteiger partial charge in [-0.1, -0.05) is 23.3 Å². The van der Waals surface area contributed by atoms with Gasteiger partial charge in [0, 0.05) is 6.42 Å². The summed E-state index contributed by atoms with van der Waals surface area (Å²) in [5.74, 6) is 0.187. The van der Waals surface area contributed by atoms with Gasteiger partial charge in [-0.25, -0.2) is 8.42 Å². The zero-order valence-corrected chi connectivity index (χ0v) is 16.6. The van der Waals surface area contributed by atoms with Crippen LogP contribution in [0.15, 0.2) is 57.8 Å². The smallest absolute Gasteiger partial charge is 0.322 e. The van der Waals surface area contributed by atoms with Crippen LogP contribution in [-0.2, 0) is 16.3 Å². The molecule has 0 radical (unpaired) electrons. The Hall–Kier alpha value is -3.40. The van der Waals surface area contributed by atoms with Crippen LogP contribution >= 0.6 is 0 Å². The molecule has 1 aromatic heterocycles. The lowest BCUT2D eigenvalue weighted by Gasteiger charge is -2.09. The number of anilines is 1. The summed E-state index contributed by atoms with van der Waals surface area (Å²) in [5, 5.41) is 9.99. The number of rotatable bonds is 8. The van der Waals surface area contributed by atoms with Crippen molar-refractivity contribution in [2.75, 3.05) is 25.3 Å². The number of hydrogen-bond acceptors (Lipinski definition) is 8. The molecule has 0 unspecified atom stereocenters. The number of carbonyl (C=O) groups is 1. The van der Waals surface area contributed by atoms with Crippen LogP contribution in [0, 0.1) is 0 Å². The lowest BCUT2D eigenvalue weighted by molar-refractivity contribution is 0.102. The molecule has 0 atom stereocenters. The minimum Gasteiger partial charge on any atom is -0.497 e. The summed E-state index contributed by atoms with van der Waals surface area (Å²) in [5.41, 5.74) is 0.221. The van der Waals surface area contributed by atoms with Gasteiger partial charge in [-0.05, 0) is 30.3 Å². The number of aryl methyl sites for hydroxylation is 1. The van der Waals surface area contributed by atoms with Gasteiger partial charge in [0.05, 0.1) is 30.4 Å². The van der Waals surface area contributed by atoms with Gasteiger partial charge in [0.15, 0.2) is 9.84 Å². The van der Waals surface area contributed by atoms with Gasteiger partial charge in [0.25, 0.3) is 5.91 Å². The molecule has 3 rings (SSSR count). The van der Waals surface area contributed by atoms with Crippen molar-refractivity contribution in [3.8, 4) is 11.5 Å². The second-order valence-electron chi connectivity index (χ2n) is 5.90. The van der Waals surface area contributed by atoms with Crippen LogP contribution in [0.2, 0.25) is 0 Å². The van der Waals surface area contributed by atoms with E-state index in [-0.39, 0.29) is 34.5 Å². The van der Waals surface area contributed by atoms with Gasteiger partial charge in [0.1, 0.15) is 11.5 Å². The molecule has 152 valence electrons. The minimum atomic E-state index is -3.48. The normalized spacial score (nSPS) is 11.1. The third kappa shape index (κ3) is 4.91. The van der Waals surface area contributed by atoms with Crippen molar-refractivity contribution in [2.45, 2.75) is 11.3 Å². The third-order valence-electron chi connectivity index (χ3n) is 4.03. The maximum Gasteiger partial charge on any atom is 0.322 e. The number of nitrogens with one attached hydrogen (secondary N) is 1. The van der Waals surface area contributed by atoms with Gasteiger partial charge in [-0.3, -0.25) is 10.1 Å². The first-order valence-corrected chi connectivity index (χ1v) is 10.2. The fraction of sp³-hybridized carbons (Fsp3) is 0.211. The Morgan fingerprint density at radius 2 is 1.83 bits per heavy atom. The second-order valence-corrected chi connectivity index (χ2v) is 8.01. The summed E-state index contributed by atoms with van der Waals surface area (Å²) < 4.78 is 40.3. The number of hydrogen-bond donors (Lipinski definition) is 1. The molecule has 10 heteroatoms. The van der Waals surface area contributed by atoms with Crippen molar-refractivity contribution in [2.24, 2.45) is 0 Å². The van der Waals surface area contributed by atoms with E-state index in [4.69, 9.17) is 13.9 Å². The summed E-state index contributed by atoms with van der Waals surface area (Å²) in [6.07, 6.45) is 0.0164. The summed E-state index contributed by atoms with van der Waals surface area (Å²) >= 11 is 0. The molecule has 0 aliphatic rings. The van der Waals surface area contributed by atoms with Crippen LogP contribution < -0.4 is 14.8 Å². The van der Waals surface area contributed by atoms with Crippen molar-refractivity contribution >= 4 is 21.8 Å². The first-order valence-electron chi connectivity index (χ1n) is 8.56. The number of methoxy groups -OCH3 is 2. The molecule has 0 saturated carbocycles. The maximum absolute atomic E-state index is 12.5. The Balaban J connectivity index is 1.67. The van der Waals surface area contributed by atoms with Gasteiger partial charge in [-0.15, -0.1) is 5.10 Å². The van der Waals surface area contributed by atoms with E-state index in [9.17, 15) is 13.2 Å². The van der Waals surface area contributed by atoms with Gasteiger partial charge in [-0.2, -0.15) is 0 Å². The summed E-state index contributed by atoms with van der Waals surface area (Å²) in [6.45, 7) is 0. The monoisotopic (exact) mass is 417 g/mol. The second kappa shape index (κ2) is 8.74. The molecule has 0 spiro atoms. The Bertz CT molecular complexity index is 1100. The molecule has 3 aromatic rings. The zero-order valence-electron chi connectivity index (χ0n) is 15.8. The standard InChI is InChI=1S/C19H19N3O6S/c1-26-13-8-9-16(27-2)15(12-13)18(23)20-19-22-21-17(28-19)10-11-29(24,25)14-6-4-3-5-7-14/h3-9,12H,10-11H2,1-2H3,(H,20,22,23). The predicted octanol–water partition coefficient (Wildman–Crippen LogP) is 2.36. The Morgan fingerprint density at radius 1 is 1.07 bits per heavy atom. The molecule has 0 saturated heterocycles. The van der Waals surface area contributed by atoms with Crippen LogP contribution in [-0.4, -0.2) is 44.5 Å². The molecular weight excluding hydrogens is 398 g/mol. The van der Waals surface area contributed by atoms with Crippen molar-refractivity contribution in [1.82, 2.24) is 10.2 Å². The van der Waals surface area contributed by atoms with Crippen molar-refractivity contribution in [3.05, 3.63) is 60.0 Å². The maximum atomic E-state index is 12.5. The van der Waals surface area contributed by atoms with E-state index < -0.39 is 15.7 Å². The third-order valence-corrected chi connectivity index (χ3v) is 5.76. The van der Waals surface area contributed by atoms with E-state index >= 15 is 0 Å². The number of benzene rings is 2. The van der Waals surface area contributed by atoms with Crippen LogP contribution in [0.1, 0.15) is 16.2 Å². The molecular formula is C19H19N3O6S. The molecule has 1 N–H and O–H groups in total. The Labute approximate surface area is 167 Å². The number of carbonyl (C=O) groups excluding carboxylic acids is 1. The van der Waals surface area contributed by atoms with E-state index in [1.165, 1.54) is 32.4 Å². The Morgan fingerprint density at radius 3 is 2.52 bits per heavy atom. The van der Waals surface area contributed by atoms with E-state index in [1.54, 1.807) is 30.3 Å². The van der Waals surface area contributed by atoms with Crippen LogP contribution in [0.5, 0.6) is 11.5 Å². The number of aromatic nitrogens is 2. The summed E-state index contributed by atoms with van der Waals surface area (Å²) in [6, 6.07) is 12.7. The van der Waals surface area contributed by atoms with Crippen LogP contribution in [0.4, 0.5) is 6.01 Å².